The van der Waals surface area contributed by atoms with Crippen LogP contribution in [0, 0.1) is 11.3 Å². The number of pyridine rings is 1. The Morgan fingerprint density at radius 1 is 1.13 bits per heavy atom. The molecule has 3 saturated heterocycles. The van der Waals surface area contributed by atoms with Gasteiger partial charge in [0.15, 0.2) is 0 Å². The molecule has 0 spiro atoms. The van der Waals surface area contributed by atoms with Crippen LogP contribution in [0.25, 0.3) is 33.4 Å². The molecule has 17 nitrogen and oxygen atoms in total. The third kappa shape index (κ3) is 10.2. The molecule has 370 valence electrons. The molecule has 2 N–H and O–H groups in total. The molecule has 69 heavy (non-hydrogen) atoms. The zero-order valence-corrected chi connectivity index (χ0v) is 42.0. The van der Waals surface area contributed by atoms with E-state index >= 15 is 0 Å². The average Bonchev–Trinajstić information content (AvgIpc) is 3.95. The summed E-state index contributed by atoms with van der Waals surface area (Å²) in [6, 6.07) is 6.83. The number of hydrazine groups is 1. The van der Waals surface area contributed by atoms with Gasteiger partial charge in [-0.2, -0.15) is 0 Å². The van der Waals surface area contributed by atoms with Crippen molar-refractivity contribution in [3.05, 3.63) is 70.8 Å². The highest BCUT2D eigenvalue weighted by atomic mass is 32.1. The summed E-state index contributed by atoms with van der Waals surface area (Å²) >= 11 is 1.40. The molecular weight excluding hydrogens is 899 g/mol. The molecule has 6 atom stereocenters. The number of cyclic esters (lactones) is 1. The second-order valence-corrected chi connectivity index (χ2v) is 20.7. The number of rotatable bonds is 9. The van der Waals surface area contributed by atoms with Crippen LogP contribution in [0.1, 0.15) is 83.2 Å². The number of esters is 1. The van der Waals surface area contributed by atoms with Crippen LogP contribution in [0.4, 0.5) is 4.79 Å². The number of thiazole rings is 1. The monoisotopic (exact) mass is 965 g/mol. The van der Waals surface area contributed by atoms with E-state index in [1.807, 2.05) is 32.2 Å². The number of methoxy groups -OCH3 is 1. The van der Waals surface area contributed by atoms with E-state index in [1.165, 1.54) is 27.3 Å². The number of fused-ring (bicyclic) bond motifs is 7. The smallest absolute Gasteiger partial charge is 0.324 e. The van der Waals surface area contributed by atoms with Gasteiger partial charge >= 0.3 is 12.0 Å². The van der Waals surface area contributed by atoms with Crippen LogP contribution in [0.2, 0.25) is 0 Å². The van der Waals surface area contributed by atoms with Gasteiger partial charge in [-0.1, -0.05) is 40.3 Å². The molecule has 3 fully saturated rings. The van der Waals surface area contributed by atoms with Crippen molar-refractivity contribution in [3.63, 3.8) is 0 Å². The molecule has 7 heterocycles. The Hall–Kier alpha value is -5.69. The fraction of sp³-hybridized carbons (Fsp3) is 0.549. The number of carbonyl (C=O) groups is 5. The second kappa shape index (κ2) is 20.7. The summed E-state index contributed by atoms with van der Waals surface area (Å²) in [5, 5.41) is 8.11. The predicted molar refractivity (Wildman–Crippen MR) is 263 cm³/mol. The molecule has 6 bridgehead atoms. The normalized spacial score (nSPS) is 22.9. The van der Waals surface area contributed by atoms with Crippen LogP contribution in [0.3, 0.4) is 0 Å². The number of piperidine rings is 1. The van der Waals surface area contributed by atoms with E-state index in [9.17, 15) is 24.0 Å². The first-order chi connectivity index (χ1) is 33.0. The van der Waals surface area contributed by atoms with Gasteiger partial charge in [0.25, 0.3) is 5.91 Å². The summed E-state index contributed by atoms with van der Waals surface area (Å²) in [5.74, 6) is -1.96. The molecule has 1 aromatic carbocycles. The van der Waals surface area contributed by atoms with Crippen molar-refractivity contribution in [1.29, 1.82) is 0 Å². The number of aryl methyl sites for hydroxylation is 1. The van der Waals surface area contributed by atoms with Crippen molar-refractivity contribution in [2.24, 2.45) is 11.3 Å². The van der Waals surface area contributed by atoms with Gasteiger partial charge in [-0.05, 0) is 81.4 Å². The van der Waals surface area contributed by atoms with E-state index in [0.717, 1.165) is 44.7 Å². The number of nitrogens with one attached hydrogen (secondary N) is 2. The Bertz CT molecular complexity index is 2590. The number of nitrogens with zero attached hydrogens (tertiary/aromatic N) is 7. The van der Waals surface area contributed by atoms with Gasteiger partial charge in [0.1, 0.15) is 18.1 Å². The van der Waals surface area contributed by atoms with Crippen LogP contribution in [-0.4, -0.2) is 148 Å². The van der Waals surface area contributed by atoms with Crippen LogP contribution in [-0.2, 0) is 52.8 Å². The minimum atomic E-state index is -1.10. The van der Waals surface area contributed by atoms with Crippen molar-refractivity contribution in [2.75, 3.05) is 53.6 Å². The third-order valence-electron chi connectivity index (χ3n) is 14.1. The van der Waals surface area contributed by atoms with Crippen molar-refractivity contribution in [3.8, 4) is 22.5 Å². The highest BCUT2D eigenvalue weighted by Gasteiger charge is 2.43. The molecular formula is C51H67N9O8S. The minimum Gasteiger partial charge on any atom is -0.464 e. The minimum absolute atomic E-state index is 0.0624. The summed E-state index contributed by atoms with van der Waals surface area (Å²) in [4.78, 5) is 85.1. The highest BCUT2D eigenvalue weighted by Crippen LogP contribution is 2.42. The Labute approximate surface area is 408 Å². The average molecular weight is 966 g/mol. The lowest BCUT2D eigenvalue weighted by Crippen LogP contribution is -2.65. The Kier molecular flexibility index (Phi) is 14.9. The lowest BCUT2D eigenvalue weighted by molar-refractivity contribution is -0.155. The number of hydrogen-bond donors (Lipinski definition) is 2. The molecule has 0 saturated carbocycles. The topological polar surface area (TPSA) is 181 Å². The molecule has 4 aliphatic rings. The lowest BCUT2D eigenvalue weighted by atomic mass is 9.84. The summed E-state index contributed by atoms with van der Waals surface area (Å²) in [7, 11) is 3.28. The number of carbonyl (C=O) groups excluding carboxylic acids is 5. The first kappa shape index (κ1) is 49.7. The van der Waals surface area contributed by atoms with E-state index < -0.39 is 41.3 Å². The zero-order valence-electron chi connectivity index (χ0n) is 41.2. The van der Waals surface area contributed by atoms with E-state index in [1.54, 1.807) is 30.2 Å². The Morgan fingerprint density at radius 3 is 2.67 bits per heavy atom. The molecule has 0 radical (unpaired) electrons. The first-order valence-electron chi connectivity index (χ1n) is 24.2. The maximum absolute atomic E-state index is 14.7. The lowest BCUT2D eigenvalue weighted by Gasteiger charge is -2.47. The number of morpholine rings is 1. The largest absolute Gasteiger partial charge is 0.464 e. The van der Waals surface area contributed by atoms with Crippen molar-refractivity contribution in [2.45, 2.75) is 117 Å². The molecule has 1 unspecified atom stereocenters. The molecule has 8 rings (SSSR count). The van der Waals surface area contributed by atoms with E-state index in [4.69, 9.17) is 24.2 Å². The maximum Gasteiger partial charge on any atom is 0.324 e. The van der Waals surface area contributed by atoms with Crippen molar-refractivity contribution in [1.82, 2.24) is 45.0 Å². The SMILES string of the molecule is C=CC(=O)N1CCO[C@H]2CCN(C(=O)N(C)C(C(=O)N[C@H]3Cc4nc(cs4)-c4ccc5c(c4)c(c(-c4cccnc4[C@H](C)OC)n5CC)CC(C)(C)COC(=O)[C@@H]4CCCN(N4)C3=O)C(C)C)C[C@@H]21. The second-order valence-electron chi connectivity index (χ2n) is 19.8. The van der Waals surface area contributed by atoms with Gasteiger partial charge in [0.05, 0.1) is 53.6 Å². The van der Waals surface area contributed by atoms with Crippen LogP contribution in [0.15, 0.2) is 54.6 Å². The standard InChI is InChI=1S/C51H67N9O8S/c1-10-43(61)59-22-23-67-41-18-21-57(27-40(41)59)50(65)56(8)45(30(3)4)47(62)54-37-25-42-53-38(28-69-42)32-16-17-39-34(24-32)35(46(58(39)11-2)33-14-12-19-52-44(33)31(5)66-9)26-51(6,7)29-68-49(64)36-15-13-20-60(55-36)48(37)63/h10,12,14,16-17,19,24,28,30-31,36-37,40-41,45,55H,1,11,13,15,18,20-23,25-27,29H2,2-9H3,(H,54,62)/t31-,36-,37-,40-,41-,45?/m0/s1. The van der Waals surface area contributed by atoms with Crippen molar-refractivity contribution < 1.29 is 38.2 Å². The van der Waals surface area contributed by atoms with Gasteiger partial charge < -0.3 is 38.8 Å². The predicted octanol–water partition coefficient (Wildman–Crippen LogP) is 5.77. The number of likely N-dealkylation sites (N-methyl/N-ethyl adjacent to an activating group) is 1. The summed E-state index contributed by atoms with van der Waals surface area (Å²) in [6.45, 7) is 18.3. The van der Waals surface area contributed by atoms with Crippen molar-refractivity contribution >= 4 is 52.0 Å². The Morgan fingerprint density at radius 2 is 1.93 bits per heavy atom. The number of urea groups is 1. The van der Waals surface area contributed by atoms with Gasteiger partial charge in [-0.15, -0.1) is 11.3 Å². The van der Waals surface area contributed by atoms with Gasteiger partial charge in [-0.3, -0.25) is 29.2 Å². The fourth-order valence-corrected chi connectivity index (χ4v) is 11.4. The van der Waals surface area contributed by atoms with E-state index in [2.05, 4.69) is 66.9 Å². The van der Waals surface area contributed by atoms with Crippen LogP contribution >= 0.6 is 11.3 Å². The molecule has 4 aliphatic heterocycles. The third-order valence-corrected chi connectivity index (χ3v) is 15.0. The van der Waals surface area contributed by atoms with E-state index in [-0.39, 0.29) is 55.7 Å². The number of ether oxygens (including phenoxy) is 3. The molecule has 5 amide bonds. The summed E-state index contributed by atoms with van der Waals surface area (Å²) in [5.41, 5.74) is 9.23. The van der Waals surface area contributed by atoms with Crippen LogP contribution in [0.5, 0.6) is 0 Å². The first-order valence-corrected chi connectivity index (χ1v) is 25.1. The number of benzene rings is 1. The number of hydrogen-bond acceptors (Lipinski definition) is 12. The number of amides is 5. The zero-order chi connectivity index (χ0) is 49.3. The van der Waals surface area contributed by atoms with Crippen LogP contribution < -0.4 is 10.7 Å². The highest BCUT2D eigenvalue weighted by molar-refractivity contribution is 7.10. The van der Waals surface area contributed by atoms with Gasteiger partial charge in [0, 0.05) is 92.3 Å². The fourth-order valence-electron chi connectivity index (χ4n) is 10.5. The summed E-state index contributed by atoms with van der Waals surface area (Å²) in [6.07, 6.45) is 4.76. The number of aromatic nitrogens is 3. The number of likely N-dealkylation sites (tertiary alicyclic amines) is 1. The van der Waals surface area contributed by atoms with E-state index in [0.29, 0.717) is 63.5 Å². The Balaban J connectivity index is 1.13. The quantitative estimate of drug-likeness (QED) is 0.154. The molecule has 0 aliphatic carbocycles. The molecule has 3 aromatic heterocycles. The molecule has 4 aromatic rings. The van der Waals surface area contributed by atoms with Gasteiger partial charge in [0.2, 0.25) is 11.8 Å². The maximum atomic E-state index is 14.7. The summed E-state index contributed by atoms with van der Waals surface area (Å²) < 4.78 is 20.2. The van der Waals surface area contributed by atoms with Gasteiger partial charge in [-0.25, -0.2) is 15.2 Å². The molecule has 18 heteroatoms.